The van der Waals surface area contributed by atoms with E-state index in [-0.39, 0.29) is 31.4 Å². The van der Waals surface area contributed by atoms with E-state index in [1.54, 1.807) is 41.5 Å². The van der Waals surface area contributed by atoms with E-state index < -0.39 is 108 Å². The summed E-state index contributed by atoms with van der Waals surface area (Å²) in [5.41, 5.74) is -4.79. The first-order chi connectivity index (χ1) is 23.0. The number of aliphatic hydroxyl groups is 5. The molecule has 0 aliphatic carbocycles. The van der Waals surface area contributed by atoms with E-state index in [0.29, 0.717) is 6.42 Å². The maximum atomic E-state index is 14.0. The number of esters is 1. The maximum absolute atomic E-state index is 14.0. The number of carbonyl (C=O) groups excluding carboxylic acids is 2. The standard InChI is InChI=1S/C36H65NO13/c1-13-26-36(9,44)25(39)15-24(38)18(2)16-34(7,43)31(50-33-28(40)23(37(10)11)14-19(3)46-33)20(4)29(21(5)32(42)48-26)49-27-17-35(8,45-12)30(41)22(6)47-27/h18-23,25-31,33,39-41,43-44H,13-17H2,1-12H3/t18-,19-,20+,21-,22+,23+,25-,26-,27+,28-,29+,30+,31-,33+,34-,35-,36+/m1/s1. The lowest BCUT2D eigenvalue weighted by Crippen LogP contribution is -2.61. The highest BCUT2D eigenvalue weighted by Crippen LogP contribution is 2.40. The number of cyclic esters (lactones) is 1. The van der Waals surface area contributed by atoms with Crippen LogP contribution in [0.1, 0.15) is 94.4 Å². The van der Waals surface area contributed by atoms with Crippen LogP contribution in [0, 0.1) is 17.8 Å². The number of likely N-dealkylation sites (N-methyl/N-ethyl adjacent to an activating group) is 1. The van der Waals surface area contributed by atoms with Crippen molar-refractivity contribution in [2.45, 2.75) is 179 Å². The van der Waals surface area contributed by atoms with Crippen LogP contribution in [0.25, 0.3) is 0 Å². The Balaban J connectivity index is 2.16. The molecule has 0 spiro atoms. The highest BCUT2D eigenvalue weighted by Gasteiger charge is 2.52. The molecule has 14 heteroatoms. The summed E-state index contributed by atoms with van der Waals surface area (Å²) < 4.78 is 36.9. The molecule has 0 aromatic rings. The summed E-state index contributed by atoms with van der Waals surface area (Å²) in [7, 11) is 5.17. The molecule has 3 heterocycles. The molecule has 3 aliphatic rings. The number of rotatable bonds is 7. The Hall–Kier alpha value is -1.30. The van der Waals surface area contributed by atoms with Gasteiger partial charge in [0.2, 0.25) is 0 Å². The van der Waals surface area contributed by atoms with Gasteiger partial charge in [0.05, 0.1) is 47.6 Å². The molecule has 0 amide bonds. The molecule has 0 unspecified atom stereocenters. The van der Waals surface area contributed by atoms with Gasteiger partial charge in [-0.2, -0.15) is 0 Å². The minimum absolute atomic E-state index is 0.0956. The van der Waals surface area contributed by atoms with Crippen molar-refractivity contribution in [3.63, 3.8) is 0 Å². The molecular formula is C36H65NO13. The molecule has 3 aliphatic heterocycles. The molecule has 0 bridgehead atoms. The first kappa shape index (κ1) is 43.1. The van der Waals surface area contributed by atoms with Gasteiger partial charge in [-0.25, -0.2) is 0 Å². The molecule has 0 aromatic heterocycles. The average Bonchev–Trinajstić information content (AvgIpc) is 3.03. The molecule has 17 atom stereocenters. The number of nitrogens with zero attached hydrogens (tertiary/aromatic N) is 1. The zero-order valence-electron chi connectivity index (χ0n) is 32.1. The zero-order chi connectivity index (χ0) is 38.1. The van der Waals surface area contributed by atoms with Crippen LogP contribution in [0.5, 0.6) is 0 Å². The molecule has 0 radical (unpaired) electrons. The van der Waals surface area contributed by atoms with E-state index in [1.807, 2.05) is 25.9 Å². The minimum Gasteiger partial charge on any atom is -0.459 e. The quantitative estimate of drug-likeness (QED) is 0.238. The molecule has 3 fully saturated rings. The molecular weight excluding hydrogens is 654 g/mol. The molecule has 292 valence electrons. The van der Waals surface area contributed by atoms with Gasteiger partial charge in [-0.05, 0) is 74.9 Å². The van der Waals surface area contributed by atoms with Crippen LogP contribution >= 0.6 is 0 Å². The van der Waals surface area contributed by atoms with Crippen molar-refractivity contribution in [3.8, 4) is 0 Å². The van der Waals surface area contributed by atoms with Crippen molar-refractivity contribution in [1.29, 1.82) is 0 Å². The number of Topliss-reactive ketones (excluding diaryl/α,β-unsaturated/α-hetero) is 1. The molecule has 0 saturated carbocycles. The van der Waals surface area contributed by atoms with E-state index in [1.165, 1.54) is 21.0 Å². The highest BCUT2D eigenvalue weighted by atomic mass is 16.7. The Morgan fingerprint density at radius 3 is 2.12 bits per heavy atom. The van der Waals surface area contributed by atoms with Gasteiger partial charge >= 0.3 is 5.97 Å². The van der Waals surface area contributed by atoms with Crippen molar-refractivity contribution in [2.24, 2.45) is 17.8 Å². The van der Waals surface area contributed by atoms with E-state index >= 15 is 0 Å². The number of hydrogen-bond acceptors (Lipinski definition) is 14. The fourth-order valence-electron chi connectivity index (χ4n) is 7.94. The van der Waals surface area contributed by atoms with Crippen molar-refractivity contribution in [1.82, 2.24) is 4.90 Å². The van der Waals surface area contributed by atoms with Crippen LogP contribution in [0.2, 0.25) is 0 Å². The third-order valence-corrected chi connectivity index (χ3v) is 11.4. The van der Waals surface area contributed by atoms with Crippen molar-refractivity contribution in [2.75, 3.05) is 21.2 Å². The summed E-state index contributed by atoms with van der Waals surface area (Å²) in [6.45, 7) is 14.8. The molecule has 14 nitrogen and oxygen atoms in total. The SMILES string of the molecule is CC[C@H]1OC(=O)[C@H](C)[C@@H](O[C@H]2C[C@@](C)(OC)[C@@H](O)[C@H](C)O2)[C@H](C)[C@@H](O[C@@H]2O[C@H](C)C[C@H](N(C)C)[C@H]2O)[C@](C)(O)C[C@@H](C)C(=O)C[C@@H](O)[C@]1(C)O. The van der Waals surface area contributed by atoms with E-state index in [9.17, 15) is 35.1 Å². The van der Waals surface area contributed by atoms with Crippen molar-refractivity contribution in [3.05, 3.63) is 0 Å². The number of ketones is 1. The van der Waals surface area contributed by atoms with Gasteiger partial charge < -0.3 is 58.9 Å². The lowest BCUT2D eigenvalue weighted by Gasteiger charge is -2.49. The van der Waals surface area contributed by atoms with Crippen molar-refractivity contribution < 1.29 is 63.5 Å². The predicted octanol–water partition coefficient (Wildman–Crippen LogP) is 1.54. The lowest BCUT2D eigenvalue weighted by molar-refractivity contribution is -0.318. The zero-order valence-corrected chi connectivity index (χ0v) is 32.1. The summed E-state index contributed by atoms with van der Waals surface area (Å²) >= 11 is 0. The Labute approximate surface area is 297 Å². The maximum Gasteiger partial charge on any atom is 0.311 e. The topological polar surface area (TPSA) is 194 Å². The predicted molar refractivity (Wildman–Crippen MR) is 182 cm³/mol. The molecule has 5 N–H and O–H groups in total. The van der Waals surface area contributed by atoms with E-state index in [0.717, 1.165) is 0 Å². The van der Waals surface area contributed by atoms with Crippen LogP contribution < -0.4 is 0 Å². The second kappa shape index (κ2) is 16.8. The van der Waals surface area contributed by atoms with Gasteiger partial charge in [0.25, 0.3) is 0 Å². The minimum atomic E-state index is -1.97. The Morgan fingerprint density at radius 2 is 1.56 bits per heavy atom. The molecule has 3 rings (SSSR count). The summed E-state index contributed by atoms with van der Waals surface area (Å²) in [5.74, 6) is -3.87. The normalized spacial score (nSPS) is 49.0. The monoisotopic (exact) mass is 719 g/mol. The highest BCUT2D eigenvalue weighted by molar-refractivity contribution is 5.81. The van der Waals surface area contributed by atoms with Gasteiger partial charge in [0.1, 0.15) is 29.7 Å². The fraction of sp³-hybridized carbons (Fsp3) is 0.944. The number of aliphatic hydroxyl groups excluding tert-OH is 3. The summed E-state index contributed by atoms with van der Waals surface area (Å²) in [6, 6.07) is -0.320. The second-order valence-corrected chi connectivity index (χ2v) is 16.0. The first-order valence-electron chi connectivity index (χ1n) is 18.1. The van der Waals surface area contributed by atoms with Gasteiger partial charge in [-0.15, -0.1) is 0 Å². The number of carbonyl (C=O) groups is 2. The van der Waals surface area contributed by atoms with Gasteiger partial charge in [0, 0.05) is 37.8 Å². The van der Waals surface area contributed by atoms with Crippen LogP contribution in [0.3, 0.4) is 0 Å². The fourth-order valence-corrected chi connectivity index (χ4v) is 7.94. The Bertz CT molecular complexity index is 1140. The van der Waals surface area contributed by atoms with E-state index in [2.05, 4.69) is 0 Å². The number of methoxy groups -OCH3 is 1. The Kier molecular flexibility index (Phi) is 14.5. The van der Waals surface area contributed by atoms with Gasteiger partial charge in [-0.1, -0.05) is 20.8 Å². The summed E-state index contributed by atoms with van der Waals surface area (Å²) in [4.78, 5) is 29.3. The largest absolute Gasteiger partial charge is 0.459 e. The summed E-state index contributed by atoms with van der Waals surface area (Å²) in [6.07, 6.45) is -10.0. The third kappa shape index (κ3) is 9.43. The van der Waals surface area contributed by atoms with Gasteiger partial charge in [-0.3, -0.25) is 9.59 Å². The molecule has 50 heavy (non-hydrogen) atoms. The lowest BCUT2D eigenvalue weighted by atomic mass is 9.76. The van der Waals surface area contributed by atoms with Gasteiger partial charge in [0.15, 0.2) is 12.6 Å². The molecule has 3 saturated heterocycles. The van der Waals surface area contributed by atoms with Crippen molar-refractivity contribution >= 4 is 11.8 Å². The smallest absolute Gasteiger partial charge is 0.311 e. The van der Waals surface area contributed by atoms with Crippen LogP contribution in [-0.2, 0) is 38.0 Å². The van der Waals surface area contributed by atoms with Crippen LogP contribution in [0.15, 0.2) is 0 Å². The third-order valence-electron chi connectivity index (χ3n) is 11.4. The summed E-state index contributed by atoms with van der Waals surface area (Å²) in [5, 5.41) is 57.0. The van der Waals surface area contributed by atoms with Crippen LogP contribution in [0.4, 0.5) is 0 Å². The first-order valence-corrected chi connectivity index (χ1v) is 18.1. The Morgan fingerprint density at radius 1 is 0.940 bits per heavy atom. The van der Waals surface area contributed by atoms with Crippen LogP contribution in [-0.4, -0.2) is 148 Å². The number of ether oxygens (including phenoxy) is 6. The second-order valence-electron chi connectivity index (χ2n) is 16.0. The van der Waals surface area contributed by atoms with E-state index in [4.69, 9.17) is 28.4 Å². The molecule has 0 aromatic carbocycles. The average molecular weight is 720 g/mol. The number of hydrogen-bond donors (Lipinski definition) is 5.